The van der Waals surface area contributed by atoms with Crippen molar-refractivity contribution in [3.63, 3.8) is 0 Å². The number of nitrogens with zero attached hydrogens (tertiary/aromatic N) is 3. The lowest BCUT2D eigenvalue weighted by Gasteiger charge is -2.13. The van der Waals surface area contributed by atoms with Crippen LogP contribution in [0.15, 0.2) is 64.7 Å². The molecular weight excluding hydrogens is 461 g/mol. The zero-order chi connectivity index (χ0) is 17.6. The van der Waals surface area contributed by atoms with E-state index < -0.39 is 0 Å². The third kappa shape index (κ3) is 3.16. The first-order valence-electron chi connectivity index (χ1n) is 7.84. The molecule has 1 aromatic heterocycles. The molecule has 2 aromatic carbocycles. The Bertz CT molecular complexity index is 1050. The third-order valence-corrected chi connectivity index (χ3v) is 5.56. The number of anilines is 1. The number of non-ortho nitro benzene ring substituents is 1. The van der Waals surface area contributed by atoms with Crippen LogP contribution in [0.25, 0.3) is 17.0 Å². The van der Waals surface area contributed by atoms with E-state index in [9.17, 15) is 10.1 Å². The minimum Gasteiger partial charge on any atom is -1.00 e. The number of rotatable bonds is 2. The summed E-state index contributed by atoms with van der Waals surface area (Å²) in [5.41, 5.74) is 3.41. The fraction of sp³-hybridized carbons (Fsp3) is 0.105. The van der Waals surface area contributed by atoms with Crippen LogP contribution < -0.4 is 33.4 Å². The number of benzene rings is 2. The lowest BCUT2D eigenvalue weighted by molar-refractivity contribution is -0.644. The zero-order valence-electron chi connectivity index (χ0n) is 14.2. The van der Waals surface area contributed by atoms with Gasteiger partial charge < -0.3 is 28.9 Å². The van der Waals surface area contributed by atoms with E-state index in [4.69, 9.17) is 0 Å². The molecule has 0 amide bonds. The second-order valence-corrected chi connectivity index (χ2v) is 7.01. The Morgan fingerprint density at radius 2 is 1.96 bits per heavy atom. The summed E-state index contributed by atoms with van der Waals surface area (Å²) in [7, 11) is 4.02. The van der Waals surface area contributed by atoms with Crippen molar-refractivity contribution < 1.29 is 33.5 Å². The summed E-state index contributed by atoms with van der Waals surface area (Å²) in [5, 5.41) is 13.2. The van der Waals surface area contributed by atoms with E-state index in [2.05, 4.69) is 33.7 Å². The van der Waals surface area contributed by atoms with Crippen LogP contribution in [-0.4, -0.2) is 12.0 Å². The van der Waals surface area contributed by atoms with Gasteiger partial charge in [-0.3, -0.25) is 10.1 Å². The molecule has 7 heteroatoms. The van der Waals surface area contributed by atoms with Crippen molar-refractivity contribution in [1.29, 1.82) is 0 Å². The standard InChI is InChI=1S/C19H16N3O2S.HI/c1-20-10-9-13(15-5-3-4-6-16(15)20)11-19-21(2)17-8-7-14(22(23)24)12-18(17)25-19;/h3-12H,1-2H3;1H/q+1;/p-1. The van der Waals surface area contributed by atoms with E-state index in [1.54, 1.807) is 23.9 Å². The summed E-state index contributed by atoms with van der Waals surface area (Å²) in [6.07, 6.45) is 4.19. The van der Waals surface area contributed by atoms with Crippen LogP contribution in [0.5, 0.6) is 0 Å². The fourth-order valence-corrected chi connectivity index (χ4v) is 4.18. The van der Waals surface area contributed by atoms with E-state index in [0.717, 1.165) is 26.7 Å². The maximum atomic E-state index is 11.0. The van der Waals surface area contributed by atoms with Crippen LogP contribution in [0, 0.1) is 10.1 Å². The largest absolute Gasteiger partial charge is 1.00 e. The minimum atomic E-state index is -0.354. The van der Waals surface area contributed by atoms with Gasteiger partial charge in [0.1, 0.15) is 7.05 Å². The number of fused-ring (bicyclic) bond motifs is 2. The molecule has 0 aliphatic carbocycles. The van der Waals surface area contributed by atoms with Gasteiger partial charge in [0.2, 0.25) is 5.52 Å². The monoisotopic (exact) mass is 477 g/mol. The number of halogens is 1. The van der Waals surface area contributed by atoms with E-state index in [0.29, 0.717) is 0 Å². The number of aromatic nitrogens is 1. The Balaban J connectivity index is 0.00000196. The maximum Gasteiger partial charge on any atom is 0.270 e. The van der Waals surface area contributed by atoms with Gasteiger partial charge in [0.15, 0.2) is 6.20 Å². The minimum absolute atomic E-state index is 0. The lowest BCUT2D eigenvalue weighted by Crippen LogP contribution is -3.00. The van der Waals surface area contributed by atoms with Crippen LogP contribution in [-0.2, 0) is 7.05 Å². The molecule has 3 aromatic rings. The Morgan fingerprint density at radius 1 is 1.19 bits per heavy atom. The van der Waals surface area contributed by atoms with Crippen LogP contribution in [0.1, 0.15) is 5.56 Å². The second-order valence-electron chi connectivity index (χ2n) is 5.95. The molecule has 0 spiro atoms. The van der Waals surface area contributed by atoms with Gasteiger partial charge in [0.25, 0.3) is 5.69 Å². The predicted molar refractivity (Wildman–Crippen MR) is 100 cm³/mol. The molecule has 0 bridgehead atoms. The SMILES string of the molecule is CN1/C(=C/c2cc[n+](C)c3ccccc23)Sc2cc([N+](=O)[O-])ccc21.[I-]. The van der Waals surface area contributed by atoms with E-state index in [1.807, 2.05) is 38.5 Å². The molecule has 1 aliphatic heterocycles. The molecule has 0 radical (unpaired) electrons. The smallest absolute Gasteiger partial charge is 0.270 e. The summed E-state index contributed by atoms with van der Waals surface area (Å²) in [6, 6.07) is 15.4. The van der Waals surface area contributed by atoms with Gasteiger partial charge in [-0.15, -0.1) is 0 Å². The summed E-state index contributed by atoms with van der Waals surface area (Å²) >= 11 is 1.56. The van der Waals surface area contributed by atoms with Crippen LogP contribution in [0.2, 0.25) is 0 Å². The van der Waals surface area contributed by atoms with Crippen molar-refractivity contribution in [2.24, 2.45) is 7.05 Å². The molecular formula is C19H16IN3O2S. The molecule has 5 nitrogen and oxygen atoms in total. The van der Waals surface area contributed by atoms with Gasteiger partial charge in [0, 0.05) is 36.2 Å². The van der Waals surface area contributed by atoms with E-state index in [-0.39, 0.29) is 34.6 Å². The molecule has 2 heterocycles. The van der Waals surface area contributed by atoms with Gasteiger partial charge in [-0.2, -0.15) is 0 Å². The molecule has 0 saturated carbocycles. The number of nitro groups is 1. The summed E-state index contributed by atoms with van der Waals surface area (Å²) < 4.78 is 2.10. The summed E-state index contributed by atoms with van der Waals surface area (Å²) in [6.45, 7) is 0. The van der Waals surface area contributed by atoms with Crippen molar-refractivity contribution in [2.45, 2.75) is 4.90 Å². The van der Waals surface area contributed by atoms with Crippen molar-refractivity contribution in [3.8, 4) is 0 Å². The van der Waals surface area contributed by atoms with Crippen LogP contribution >= 0.6 is 11.8 Å². The molecule has 132 valence electrons. The third-order valence-electron chi connectivity index (χ3n) is 4.41. The molecule has 0 fully saturated rings. The number of para-hydroxylation sites is 1. The first-order chi connectivity index (χ1) is 12.0. The number of thioether (sulfide) groups is 1. The topological polar surface area (TPSA) is 50.3 Å². The quantitative estimate of drug-likeness (QED) is 0.240. The van der Waals surface area contributed by atoms with E-state index in [1.165, 1.54) is 5.39 Å². The number of nitro benzene ring substituents is 1. The highest BCUT2D eigenvalue weighted by molar-refractivity contribution is 8.03. The zero-order valence-corrected chi connectivity index (χ0v) is 17.2. The first kappa shape index (κ1) is 18.7. The molecule has 0 atom stereocenters. The van der Waals surface area contributed by atoms with Gasteiger partial charge >= 0.3 is 0 Å². The molecule has 26 heavy (non-hydrogen) atoms. The summed E-state index contributed by atoms with van der Waals surface area (Å²) in [5.74, 6) is 0. The van der Waals surface area contributed by atoms with Crippen LogP contribution in [0.3, 0.4) is 0 Å². The van der Waals surface area contributed by atoms with Crippen molar-refractivity contribution in [1.82, 2.24) is 0 Å². The normalized spacial score (nSPS) is 14.4. The lowest BCUT2D eigenvalue weighted by atomic mass is 10.1. The van der Waals surface area contributed by atoms with Crippen molar-refractivity contribution >= 4 is 40.1 Å². The number of pyridine rings is 1. The molecule has 1 aliphatic rings. The number of aryl methyl sites for hydroxylation is 1. The number of hydrogen-bond acceptors (Lipinski definition) is 4. The van der Waals surface area contributed by atoms with Gasteiger partial charge in [0.05, 0.1) is 21.0 Å². The molecule has 0 unspecified atom stereocenters. The first-order valence-corrected chi connectivity index (χ1v) is 8.65. The highest BCUT2D eigenvalue weighted by atomic mass is 127. The van der Waals surface area contributed by atoms with Gasteiger partial charge in [-0.1, -0.05) is 23.9 Å². The highest BCUT2D eigenvalue weighted by Gasteiger charge is 2.24. The highest BCUT2D eigenvalue weighted by Crippen LogP contribution is 2.47. The fourth-order valence-electron chi connectivity index (χ4n) is 3.05. The van der Waals surface area contributed by atoms with Crippen molar-refractivity contribution in [3.05, 3.63) is 75.4 Å². The van der Waals surface area contributed by atoms with Crippen LogP contribution in [0.4, 0.5) is 11.4 Å². The Morgan fingerprint density at radius 3 is 2.73 bits per heavy atom. The summed E-state index contributed by atoms with van der Waals surface area (Å²) in [4.78, 5) is 13.6. The van der Waals surface area contributed by atoms with Gasteiger partial charge in [-0.05, 0) is 23.8 Å². The Hall–Kier alpha value is -2.13. The average molecular weight is 477 g/mol. The Kier molecular flexibility index (Phi) is 5.19. The molecule has 4 rings (SSSR count). The number of hydrogen-bond donors (Lipinski definition) is 0. The second kappa shape index (κ2) is 7.24. The maximum absolute atomic E-state index is 11.0. The van der Waals surface area contributed by atoms with E-state index >= 15 is 0 Å². The molecule has 0 N–H and O–H groups in total. The predicted octanol–water partition coefficient (Wildman–Crippen LogP) is 1.12. The Labute approximate surface area is 172 Å². The molecule has 0 saturated heterocycles. The van der Waals surface area contributed by atoms with Gasteiger partial charge in [-0.25, -0.2) is 4.57 Å². The van der Waals surface area contributed by atoms with Crippen molar-refractivity contribution in [2.75, 3.05) is 11.9 Å². The average Bonchev–Trinajstić information content (AvgIpc) is 2.93.